The van der Waals surface area contributed by atoms with Gasteiger partial charge in [0.05, 0.1) is 6.61 Å². The van der Waals surface area contributed by atoms with Crippen molar-refractivity contribution in [2.45, 2.75) is 39.7 Å². The lowest BCUT2D eigenvalue weighted by atomic mass is 10.2. The van der Waals surface area contributed by atoms with E-state index in [4.69, 9.17) is 14.2 Å². The third-order valence-corrected chi connectivity index (χ3v) is 4.48. The SMILES string of the molecule is CCOc1ccc(OCC(=O)N2CCCN(C(=O)CNC(=O)OC(C)(C)C)CC2)cc1. The number of amides is 3. The molecule has 0 unspecified atom stereocenters. The number of alkyl carbamates (subject to hydrolysis) is 1. The Morgan fingerprint density at radius 2 is 1.45 bits per heavy atom. The van der Waals surface area contributed by atoms with Crippen LogP contribution in [0.3, 0.4) is 0 Å². The van der Waals surface area contributed by atoms with Gasteiger partial charge in [0.15, 0.2) is 6.61 Å². The Labute approximate surface area is 183 Å². The van der Waals surface area contributed by atoms with Crippen LogP contribution in [-0.4, -0.2) is 79.2 Å². The smallest absolute Gasteiger partial charge is 0.408 e. The number of nitrogens with zero attached hydrogens (tertiary/aromatic N) is 2. The fourth-order valence-corrected chi connectivity index (χ4v) is 3.03. The van der Waals surface area contributed by atoms with Gasteiger partial charge in [0.2, 0.25) is 5.91 Å². The van der Waals surface area contributed by atoms with Crippen LogP contribution in [0.25, 0.3) is 0 Å². The second-order valence-electron chi connectivity index (χ2n) is 8.16. The van der Waals surface area contributed by atoms with Crippen molar-refractivity contribution in [3.8, 4) is 11.5 Å². The summed E-state index contributed by atoms with van der Waals surface area (Å²) in [6.07, 6.45) is 0.0337. The van der Waals surface area contributed by atoms with Crippen molar-refractivity contribution in [1.29, 1.82) is 0 Å². The van der Waals surface area contributed by atoms with E-state index in [-0.39, 0.29) is 25.0 Å². The molecule has 1 aromatic rings. The molecule has 1 aliphatic rings. The number of hydrogen-bond acceptors (Lipinski definition) is 6. The van der Waals surface area contributed by atoms with Gasteiger partial charge in [-0.2, -0.15) is 0 Å². The molecule has 0 saturated carbocycles. The molecule has 1 aliphatic heterocycles. The second kappa shape index (κ2) is 11.4. The zero-order valence-corrected chi connectivity index (χ0v) is 18.8. The summed E-state index contributed by atoms with van der Waals surface area (Å²) < 4.78 is 16.1. The molecule has 9 heteroatoms. The number of ether oxygens (including phenoxy) is 3. The number of rotatable bonds is 7. The van der Waals surface area contributed by atoms with E-state index in [1.165, 1.54) is 0 Å². The molecule has 31 heavy (non-hydrogen) atoms. The first-order valence-corrected chi connectivity index (χ1v) is 10.6. The largest absolute Gasteiger partial charge is 0.494 e. The predicted octanol–water partition coefficient (Wildman–Crippen LogP) is 2.05. The molecule has 1 saturated heterocycles. The number of benzene rings is 1. The molecule has 0 radical (unpaired) electrons. The third kappa shape index (κ3) is 8.74. The molecule has 0 aromatic heterocycles. The van der Waals surface area contributed by atoms with Crippen LogP contribution in [0.15, 0.2) is 24.3 Å². The van der Waals surface area contributed by atoms with Crippen LogP contribution in [0.2, 0.25) is 0 Å². The first-order chi connectivity index (χ1) is 14.7. The van der Waals surface area contributed by atoms with E-state index in [1.807, 2.05) is 6.92 Å². The predicted molar refractivity (Wildman–Crippen MR) is 115 cm³/mol. The van der Waals surface area contributed by atoms with E-state index in [2.05, 4.69) is 5.32 Å². The standard InChI is InChI=1S/C22H33N3O6/c1-5-29-17-7-9-18(10-8-17)30-16-20(27)25-12-6-11-24(13-14-25)19(26)15-23-21(28)31-22(2,3)4/h7-10H,5-6,11-16H2,1-4H3,(H,23,28). The summed E-state index contributed by atoms with van der Waals surface area (Å²) in [6.45, 7) is 9.48. The zero-order chi connectivity index (χ0) is 22.9. The Morgan fingerprint density at radius 3 is 2.00 bits per heavy atom. The molecule has 9 nitrogen and oxygen atoms in total. The number of hydrogen-bond donors (Lipinski definition) is 1. The van der Waals surface area contributed by atoms with Crippen molar-refractivity contribution in [1.82, 2.24) is 15.1 Å². The highest BCUT2D eigenvalue weighted by atomic mass is 16.6. The van der Waals surface area contributed by atoms with E-state index in [0.29, 0.717) is 45.0 Å². The van der Waals surface area contributed by atoms with Crippen LogP contribution in [0.4, 0.5) is 4.79 Å². The maximum Gasteiger partial charge on any atom is 0.408 e. The Kier molecular flexibility index (Phi) is 8.96. The van der Waals surface area contributed by atoms with Gasteiger partial charge < -0.3 is 29.3 Å². The Hall–Kier alpha value is -2.97. The fourth-order valence-electron chi connectivity index (χ4n) is 3.03. The zero-order valence-electron chi connectivity index (χ0n) is 18.8. The van der Waals surface area contributed by atoms with Gasteiger partial charge in [-0.1, -0.05) is 0 Å². The molecule has 0 spiro atoms. The summed E-state index contributed by atoms with van der Waals surface area (Å²) in [6, 6.07) is 7.12. The summed E-state index contributed by atoms with van der Waals surface area (Å²) in [4.78, 5) is 40.0. The molecule has 0 aliphatic carbocycles. The average Bonchev–Trinajstić information content (AvgIpc) is 2.97. The molecule has 0 bridgehead atoms. The van der Waals surface area contributed by atoms with Crippen LogP contribution < -0.4 is 14.8 Å². The van der Waals surface area contributed by atoms with Gasteiger partial charge in [-0.3, -0.25) is 9.59 Å². The Balaban J connectivity index is 1.75. The minimum atomic E-state index is -0.626. The van der Waals surface area contributed by atoms with E-state index in [0.717, 1.165) is 5.75 Å². The van der Waals surface area contributed by atoms with Crippen LogP contribution in [-0.2, 0) is 14.3 Å². The van der Waals surface area contributed by atoms with Crippen molar-refractivity contribution < 1.29 is 28.6 Å². The molecule has 0 atom stereocenters. The van der Waals surface area contributed by atoms with Gasteiger partial charge in [-0.15, -0.1) is 0 Å². The van der Waals surface area contributed by atoms with Crippen LogP contribution in [0, 0.1) is 0 Å². The monoisotopic (exact) mass is 435 g/mol. The molecule has 3 amide bonds. The van der Waals surface area contributed by atoms with E-state index in [9.17, 15) is 14.4 Å². The minimum Gasteiger partial charge on any atom is -0.494 e. The van der Waals surface area contributed by atoms with Crippen molar-refractivity contribution >= 4 is 17.9 Å². The maximum atomic E-state index is 12.5. The molecule has 172 valence electrons. The van der Waals surface area contributed by atoms with E-state index < -0.39 is 11.7 Å². The minimum absolute atomic E-state index is 0.0673. The lowest BCUT2D eigenvalue weighted by molar-refractivity contribution is -0.134. The summed E-state index contributed by atoms with van der Waals surface area (Å²) in [5, 5.41) is 2.48. The quantitative estimate of drug-likeness (QED) is 0.704. The van der Waals surface area contributed by atoms with Crippen molar-refractivity contribution in [3.63, 3.8) is 0 Å². The highest BCUT2D eigenvalue weighted by Crippen LogP contribution is 2.17. The lowest BCUT2D eigenvalue weighted by Gasteiger charge is -2.23. The van der Waals surface area contributed by atoms with Gasteiger partial charge in [0.25, 0.3) is 5.91 Å². The first kappa shape index (κ1) is 24.3. The molecular formula is C22H33N3O6. The van der Waals surface area contributed by atoms with Crippen molar-refractivity contribution in [3.05, 3.63) is 24.3 Å². The lowest BCUT2D eigenvalue weighted by Crippen LogP contribution is -2.44. The summed E-state index contributed by atoms with van der Waals surface area (Å²) in [5.74, 6) is 1.01. The highest BCUT2D eigenvalue weighted by molar-refractivity contribution is 5.82. The average molecular weight is 436 g/mol. The van der Waals surface area contributed by atoms with E-state index >= 15 is 0 Å². The first-order valence-electron chi connectivity index (χ1n) is 10.6. The summed E-state index contributed by atoms with van der Waals surface area (Å²) >= 11 is 0. The summed E-state index contributed by atoms with van der Waals surface area (Å²) in [7, 11) is 0. The Morgan fingerprint density at radius 1 is 0.903 bits per heavy atom. The molecule has 2 rings (SSSR count). The molecule has 1 heterocycles. The van der Waals surface area contributed by atoms with Gasteiger partial charge in [0, 0.05) is 26.2 Å². The number of carbonyl (C=O) groups is 3. The van der Waals surface area contributed by atoms with Gasteiger partial charge in [0.1, 0.15) is 23.6 Å². The van der Waals surface area contributed by atoms with Crippen molar-refractivity contribution in [2.75, 3.05) is 45.9 Å². The topological polar surface area (TPSA) is 97.4 Å². The molecule has 1 N–H and O–H groups in total. The fraction of sp³-hybridized carbons (Fsp3) is 0.591. The molecular weight excluding hydrogens is 402 g/mol. The Bertz CT molecular complexity index is 745. The van der Waals surface area contributed by atoms with Crippen LogP contribution in [0.1, 0.15) is 34.1 Å². The van der Waals surface area contributed by atoms with Crippen molar-refractivity contribution in [2.24, 2.45) is 0 Å². The third-order valence-electron chi connectivity index (χ3n) is 4.48. The van der Waals surface area contributed by atoms with E-state index in [1.54, 1.807) is 54.8 Å². The number of nitrogens with one attached hydrogen (secondary N) is 1. The maximum absolute atomic E-state index is 12.5. The molecule has 1 fully saturated rings. The van der Waals surface area contributed by atoms with Crippen LogP contribution >= 0.6 is 0 Å². The van der Waals surface area contributed by atoms with Gasteiger partial charge in [-0.05, 0) is 58.4 Å². The molecule has 1 aromatic carbocycles. The van der Waals surface area contributed by atoms with Crippen LogP contribution in [0.5, 0.6) is 11.5 Å². The van der Waals surface area contributed by atoms with Gasteiger partial charge >= 0.3 is 6.09 Å². The second-order valence-corrected chi connectivity index (χ2v) is 8.16. The number of carbonyl (C=O) groups excluding carboxylic acids is 3. The summed E-state index contributed by atoms with van der Waals surface area (Å²) in [5.41, 5.74) is -0.621. The van der Waals surface area contributed by atoms with Gasteiger partial charge in [-0.25, -0.2) is 4.79 Å². The normalized spacial score (nSPS) is 14.5. The highest BCUT2D eigenvalue weighted by Gasteiger charge is 2.23.